The molecule has 7 atom stereocenters. The molecule has 0 bridgehead atoms. The maximum atomic E-state index is 13.7. The number of epoxide rings is 1. The molecule has 0 aromatic carbocycles. The lowest BCUT2D eigenvalue weighted by molar-refractivity contribution is -0.162. The van der Waals surface area contributed by atoms with Crippen molar-refractivity contribution in [1.82, 2.24) is 4.98 Å². The zero-order chi connectivity index (χ0) is 27.0. The number of nitrogens with zero attached hydrogens (tertiary/aromatic N) is 1. The van der Waals surface area contributed by atoms with E-state index in [4.69, 9.17) is 9.47 Å². The number of cyclic esters (lactones) is 1. The summed E-state index contributed by atoms with van der Waals surface area (Å²) in [5, 5.41) is 25.3. The molecule has 3 heterocycles. The Hall–Kier alpha value is -1.61. The third-order valence-electron chi connectivity index (χ3n) is 9.10. The zero-order valence-electron chi connectivity index (χ0n) is 22.9. The van der Waals surface area contributed by atoms with Gasteiger partial charge in [-0.2, -0.15) is 0 Å². The van der Waals surface area contributed by atoms with Gasteiger partial charge in [-0.3, -0.25) is 9.59 Å². The number of rotatable bonds is 3. The Kier molecular flexibility index (Phi) is 8.63. The van der Waals surface area contributed by atoms with E-state index in [-0.39, 0.29) is 29.8 Å². The van der Waals surface area contributed by atoms with Crippen molar-refractivity contribution in [3.63, 3.8) is 0 Å². The van der Waals surface area contributed by atoms with Crippen molar-refractivity contribution in [2.45, 2.75) is 122 Å². The molecule has 7 nitrogen and oxygen atoms in total. The van der Waals surface area contributed by atoms with E-state index in [1.165, 1.54) is 0 Å². The standard InChI is InChI=1S/C29H43NO6S/c1-6-21-26(33)17(2)9-7-10-28(5)24(36-28)14-22(18(3)13-20-16-37-19(4)30-20)35-25(32)15-23(31)29(27(21)34)11-8-12-29/h13,16-17,21-24,26,31,33H,6-12,14-15H2,1-5H3/b18-13+/t17-,21+,22-,23-,24?,26-,28?/m0/s1. The number of aryl methyl sites for hydroxylation is 1. The quantitative estimate of drug-likeness (QED) is 0.415. The van der Waals surface area contributed by atoms with Crippen LogP contribution in [0.3, 0.4) is 0 Å². The van der Waals surface area contributed by atoms with Gasteiger partial charge in [0, 0.05) is 17.7 Å². The number of carbonyl (C=O) groups excluding carboxylic acids is 2. The van der Waals surface area contributed by atoms with Gasteiger partial charge in [0.15, 0.2) is 0 Å². The van der Waals surface area contributed by atoms with E-state index >= 15 is 0 Å². The molecule has 37 heavy (non-hydrogen) atoms. The molecule has 1 saturated carbocycles. The van der Waals surface area contributed by atoms with Crippen LogP contribution in [-0.2, 0) is 19.1 Å². The molecule has 2 N–H and O–H groups in total. The summed E-state index contributed by atoms with van der Waals surface area (Å²) >= 11 is 1.57. The fourth-order valence-electron chi connectivity index (χ4n) is 6.26. The van der Waals surface area contributed by atoms with Crippen LogP contribution in [-0.4, -0.2) is 57.0 Å². The fraction of sp³-hybridized carbons (Fsp3) is 0.759. The predicted molar refractivity (Wildman–Crippen MR) is 143 cm³/mol. The predicted octanol–water partition coefficient (Wildman–Crippen LogP) is 5.01. The van der Waals surface area contributed by atoms with Crippen LogP contribution in [0, 0.1) is 24.2 Å². The minimum atomic E-state index is -1.13. The van der Waals surface area contributed by atoms with Crippen molar-refractivity contribution in [2.24, 2.45) is 17.3 Å². The molecule has 206 valence electrons. The summed E-state index contributed by atoms with van der Waals surface area (Å²) in [6.07, 6.45) is 4.74. The SMILES string of the molecule is CC[C@H]1C(=O)C2(CCC2)[C@@H](O)CC(=O)O[C@H](/C(C)=C/c2csc(C)n2)CC2OC2(C)CCC[C@H](C)[C@@H]1O. The molecule has 3 aliphatic rings. The lowest BCUT2D eigenvalue weighted by Crippen LogP contribution is -2.53. The smallest absolute Gasteiger partial charge is 0.309 e. The monoisotopic (exact) mass is 533 g/mol. The molecule has 8 heteroatoms. The number of thiazole rings is 1. The number of fused-ring (bicyclic) bond motifs is 1. The van der Waals surface area contributed by atoms with Gasteiger partial charge < -0.3 is 19.7 Å². The molecule has 1 aliphatic carbocycles. The van der Waals surface area contributed by atoms with E-state index in [9.17, 15) is 19.8 Å². The van der Waals surface area contributed by atoms with Crippen LogP contribution < -0.4 is 0 Å². The first kappa shape index (κ1) is 28.4. The van der Waals surface area contributed by atoms with Crippen LogP contribution >= 0.6 is 11.3 Å². The van der Waals surface area contributed by atoms with Crippen LogP contribution in [0.5, 0.6) is 0 Å². The molecule has 1 spiro atoms. The summed E-state index contributed by atoms with van der Waals surface area (Å²) in [7, 11) is 0. The molecule has 0 amide bonds. The van der Waals surface area contributed by atoms with Crippen LogP contribution in [0.4, 0.5) is 0 Å². The molecule has 4 rings (SSSR count). The molecule has 2 saturated heterocycles. The van der Waals surface area contributed by atoms with Crippen molar-refractivity contribution >= 4 is 29.2 Å². The Balaban J connectivity index is 1.59. The van der Waals surface area contributed by atoms with Gasteiger partial charge in [-0.05, 0) is 70.4 Å². The highest BCUT2D eigenvalue weighted by Crippen LogP contribution is 2.49. The van der Waals surface area contributed by atoms with E-state index in [2.05, 4.69) is 11.9 Å². The number of ether oxygens (including phenoxy) is 2. The van der Waals surface area contributed by atoms with Crippen molar-refractivity contribution in [1.29, 1.82) is 0 Å². The number of hydrogen-bond donors (Lipinski definition) is 2. The van der Waals surface area contributed by atoms with Gasteiger partial charge in [-0.1, -0.05) is 26.7 Å². The van der Waals surface area contributed by atoms with Crippen molar-refractivity contribution < 1.29 is 29.3 Å². The number of aliphatic hydroxyl groups is 2. The van der Waals surface area contributed by atoms with Crippen molar-refractivity contribution in [3.8, 4) is 0 Å². The van der Waals surface area contributed by atoms with Gasteiger partial charge in [0.1, 0.15) is 11.9 Å². The van der Waals surface area contributed by atoms with Crippen LogP contribution in [0.1, 0.15) is 96.2 Å². The van der Waals surface area contributed by atoms with Gasteiger partial charge in [0.2, 0.25) is 0 Å². The summed E-state index contributed by atoms with van der Waals surface area (Å²) in [6.45, 7) is 9.90. The Morgan fingerprint density at radius 2 is 1.97 bits per heavy atom. The number of Topliss-reactive ketones (excluding diaryl/α,β-unsaturated/α-hetero) is 1. The summed E-state index contributed by atoms with van der Waals surface area (Å²) in [6, 6.07) is 0. The van der Waals surface area contributed by atoms with Crippen molar-refractivity contribution in [3.05, 3.63) is 21.7 Å². The third-order valence-corrected chi connectivity index (χ3v) is 9.89. The van der Waals surface area contributed by atoms with Crippen LogP contribution in [0.2, 0.25) is 0 Å². The van der Waals surface area contributed by atoms with Gasteiger partial charge in [0.25, 0.3) is 0 Å². The Morgan fingerprint density at radius 3 is 2.57 bits per heavy atom. The Labute approximate surface area is 224 Å². The average Bonchev–Trinajstić information content (AvgIpc) is 3.24. The first-order chi connectivity index (χ1) is 17.5. The number of carbonyl (C=O) groups is 2. The number of aromatic nitrogens is 1. The first-order valence-electron chi connectivity index (χ1n) is 13.9. The summed E-state index contributed by atoms with van der Waals surface area (Å²) in [5.41, 5.74) is 0.442. The second-order valence-electron chi connectivity index (χ2n) is 11.8. The van der Waals surface area contributed by atoms with E-state index < -0.39 is 35.6 Å². The molecule has 0 radical (unpaired) electrons. The summed E-state index contributed by atoms with van der Waals surface area (Å²) < 4.78 is 12.1. The van der Waals surface area contributed by atoms with Gasteiger partial charge in [-0.25, -0.2) is 4.98 Å². The number of aliphatic hydroxyl groups excluding tert-OH is 2. The lowest BCUT2D eigenvalue weighted by Gasteiger charge is -2.46. The maximum Gasteiger partial charge on any atom is 0.309 e. The highest BCUT2D eigenvalue weighted by Gasteiger charge is 2.55. The van der Waals surface area contributed by atoms with E-state index in [1.807, 2.05) is 39.2 Å². The largest absolute Gasteiger partial charge is 0.458 e. The van der Waals surface area contributed by atoms with E-state index in [1.54, 1.807) is 11.3 Å². The molecular weight excluding hydrogens is 490 g/mol. The van der Waals surface area contributed by atoms with Crippen LogP contribution in [0.15, 0.2) is 11.0 Å². The molecular formula is C29H43NO6S. The Bertz CT molecular complexity index is 1020. The number of esters is 1. The van der Waals surface area contributed by atoms with Gasteiger partial charge in [-0.15, -0.1) is 11.3 Å². The normalized spacial score (nSPS) is 37.5. The number of ketones is 1. The fourth-order valence-corrected chi connectivity index (χ4v) is 6.83. The minimum Gasteiger partial charge on any atom is -0.458 e. The second kappa shape index (κ2) is 11.2. The summed E-state index contributed by atoms with van der Waals surface area (Å²) in [5.74, 6) is -1.21. The van der Waals surface area contributed by atoms with Crippen molar-refractivity contribution in [2.75, 3.05) is 0 Å². The van der Waals surface area contributed by atoms with Crippen LogP contribution in [0.25, 0.3) is 6.08 Å². The molecule has 2 aliphatic heterocycles. The highest BCUT2D eigenvalue weighted by atomic mass is 32.1. The topological polar surface area (TPSA) is 109 Å². The van der Waals surface area contributed by atoms with Gasteiger partial charge in [0.05, 0.1) is 46.5 Å². The molecule has 1 aromatic rings. The third kappa shape index (κ3) is 6.02. The van der Waals surface area contributed by atoms with E-state index in [0.29, 0.717) is 25.7 Å². The number of hydrogen-bond acceptors (Lipinski definition) is 8. The molecule has 3 fully saturated rings. The van der Waals surface area contributed by atoms with Gasteiger partial charge >= 0.3 is 5.97 Å². The zero-order valence-corrected chi connectivity index (χ0v) is 23.7. The molecule has 1 aromatic heterocycles. The first-order valence-corrected chi connectivity index (χ1v) is 14.7. The maximum absolute atomic E-state index is 13.7. The lowest BCUT2D eigenvalue weighted by atomic mass is 9.58. The summed E-state index contributed by atoms with van der Waals surface area (Å²) in [4.78, 5) is 31.4. The Morgan fingerprint density at radius 1 is 1.24 bits per heavy atom. The molecule has 2 unspecified atom stereocenters. The highest BCUT2D eigenvalue weighted by molar-refractivity contribution is 7.09. The second-order valence-corrected chi connectivity index (χ2v) is 12.8. The minimum absolute atomic E-state index is 0.0354. The van der Waals surface area contributed by atoms with E-state index in [0.717, 1.165) is 42.0 Å². The average molecular weight is 534 g/mol.